The lowest BCUT2D eigenvalue weighted by atomic mass is 10.0. The number of anilines is 1. The number of hydrogen-bond acceptors (Lipinski definition) is 4. The van der Waals surface area contributed by atoms with Crippen molar-refractivity contribution in [3.63, 3.8) is 0 Å². The zero-order valence-electron chi connectivity index (χ0n) is 11.4. The number of hydrogen-bond donors (Lipinski definition) is 0. The smallest absolute Gasteiger partial charge is 0.293 e. The second-order valence-electron chi connectivity index (χ2n) is 5.21. The second-order valence-corrected chi connectivity index (χ2v) is 5.21. The molecule has 0 N–H and O–H groups in total. The highest BCUT2D eigenvalue weighted by Crippen LogP contribution is 2.22. The Bertz CT molecular complexity index is 818. The van der Waals surface area contributed by atoms with E-state index in [0.717, 1.165) is 19.5 Å². The SMILES string of the molecule is [O-][n+]1nc(N2CCc3ccccc3C2)nc2ccccc21. The van der Waals surface area contributed by atoms with Gasteiger partial charge in [0.05, 0.1) is 5.10 Å². The molecule has 0 atom stereocenters. The van der Waals surface area contributed by atoms with Gasteiger partial charge in [-0.05, 0) is 28.5 Å². The molecule has 0 unspecified atom stereocenters. The van der Waals surface area contributed by atoms with Crippen molar-refractivity contribution >= 4 is 17.0 Å². The fraction of sp³-hybridized carbons (Fsp3) is 0.188. The number of fused-ring (bicyclic) bond motifs is 2. The fourth-order valence-corrected chi connectivity index (χ4v) is 2.79. The van der Waals surface area contributed by atoms with E-state index in [2.05, 4.69) is 33.2 Å². The summed E-state index contributed by atoms with van der Waals surface area (Å²) >= 11 is 0. The van der Waals surface area contributed by atoms with Crippen LogP contribution in [0.3, 0.4) is 0 Å². The third kappa shape index (κ3) is 2.07. The standard InChI is InChI=1S/C16H14N4O/c21-20-15-8-4-3-7-14(15)17-16(18-20)19-10-9-12-5-1-2-6-13(12)11-19/h1-8H,9-11H2. The zero-order valence-corrected chi connectivity index (χ0v) is 11.4. The van der Waals surface area contributed by atoms with Gasteiger partial charge in [0.25, 0.3) is 11.5 Å². The molecule has 1 aliphatic rings. The van der Waals surface area contributed by atoms with E-state index in [4.69, 9.17) is 0 Å². The molecule has 1 aliphatic heterocycles. The summed E-state index contributed by atoms with van der Waals surface area (Å²) in [6.45, 7) is 1.57. The Morgan fingerprint density at radius 2 is 1.76 bits per heavy atom. The average Bonchev–Trinajstić information content (AvgIpc) is 2.54. The van der Waals surface area contributed by atoms with Crippen molar-refractivity contribution in [2.45, 2.75) is 13.0 Å². The highest BCUT2D eigenvalue weighted by Gasteiger charge is 2.21. The van der Waals surface area contributed by atoms with Crippen LogP contribution in [0.2, 0.25) is 0 Å². The Labute approximate surface area is 122 Å². The molecule has 0 saturated heterocycles. The molecule has 0 bridgehead atoms. The van der Waals surface area contributed by atoms with Gasteiger partial charge in [-0.1, -0.05) is 36.4 Å². The lowest BCUT2D eigenvalue weighted by molar-refractivity contribution is -0.641. The van der Waals surface area contributed by atoms with E-state index in [1.165, 1.54) is 11.1 Å². The first kappa shape index (κ1) is 12.1. The van der Waals surface area contributed by atoms with Crippen molar-refractivity contribution in [2.24, 2.45) is 0 Å². The van der Waals surface area contributed by atoms with E-state index in [-0.39, 0.29) is 0 Å². The minimum atomic E-state index is 0.498. The zero-order chi connectivity index (χ0) is 14.2. The molecule has 3 aromatic rings. The molecular formula is C16H14N4O. The number of benzene rings is 2. The molecule has 0 saturated carbocycles. The molecule has 5 nitrogen and oxygen atoms in total. The number of aromatic nitrogens is 3. The summed E-state index contributed by atoms with van der Waals surface area (Å²) in [6.07, 6.45) is 0.950. The van der Waals surface area contributed by atoms with Gasteiger partial charge in [0.2, 0.25) is 0 Å². The first-order valence-corrected chi connectivity index (χ1v) is 6.99. The predicted molar refractivity (Wildman–Crippen MR) is 79.7 cm³/mol. The molecule has 2 heterocycles. The first-order valence-electron chi connectivity index (χ1n) is 6.99. The van der Waals surface area contributed by atoms with Crippen LogP contribution in [0.25, 0.3) is 11.0 Å². The van der Waals surface area contributed by atoms with Crippen LogP contribution in [0.1, 0.15) is 11.1 Å². The third-order valence-corrected chi connectivity index (χ3v) is 3.90. The van der Waals surface area contributed by atoms with E-state index in [1.54, 1.807) is 6.07 Å². The predicted octanol–water partition coefficient (Wildman–Crippen LogP) is 1.83. The summed E-state index contributed by atoms with van der Waals surface area (Å²) in [5.74, 6) is 0.498. The Morgan fingerprint density at radius 1 is 1.00 bits per heavy atom. The van der Waals surface area contributed by atoms with Gasteiger partial charge in [0.15, 0.2) is 0 Å². The van der Waals surface area contributed by atoms with Gasteiger partial charge in [0.1, 0.15) is 5.52 Å². The molecule has 1 aromatic heterocycles. The first-order chi connectivity index (χ1) is 10.3. The number of para-hydroxylation sites is 2. The van der Waals surface area contributed by atoms with E-state index in [9.17, 15) is 5.21 Å². The van der Waals surface area contributed by atoms with Crippen molar-refractivity contribution in [1.82, 2.24) is 10.1 Å². The van der Waals surface area contributed by atoms with Gasteiger partial charge in [-0.15, -0.1) is 0 Å². The summed E-state index contributed by atoms with van der Waals surface area (Å²) in [7, 11) is 0. The van der Waals surface area contributed by atoms with E-state index in [0.29, 0.717) is 21.8 Å². The number of nitrogens with zero attached hydrogens (tertiary/aromatic N) is 4. The third-order valence-electron chi connectivity index (χ3n) is 3.90. The lowest BCUT2D eigenvalue weighted by Gasteiger charge is -2.27. The van der Waals surface area contributed by atoms with Crippen LogP contribution >= 0.6 is 0 Å². The summed E-state index contributed by atoms with van der Waals surface area (Å²) < 4.78 is 0. The molecule has 104 valence electrons. The highest BCUT2D eigenvalue weighted by molar-refractivity contribution is 5.71. The number of rotatable bonds is 1. The molecule has 0 fully saturated rings. The second kappa shape index (κ2) is 4.70. The Morgan fingerprint density at radius 3 is 2.67 bits per heavy atom. The van der Waals surface area contributed by atoms with Gasteiger partial charge in [-0.2, -0.15) is 0 Å². The Kier molecular flexibility index (Phi) is 2.70. The molecule has 0 spiro atoms. The van der Waals surface area contributed by atoms with Crippen LogP contribution in [0, 0.1) is 5.21 Å². The van der Waals surface area contributed by atoms with Gasteiger partial charge in [-0.25, -0.2) is 4.98 Å². The van der Waals surface area contributed by atoms with Crippen LogP contribution in [-0.4, -0.2) is 16.6 Å². The van der Waals surface area contributed by atoms with E-state index in [1.807, 2.05) is 24.3 Å². The Hall–Kier alpha value is -2.69. The van der Waals surface area contributed by atoms with Crippen molar-refractivity contribution in [3.8, 4) is 0 Å². The van der Waals surface area contributed by atoms with Crippen molar-refractivity contribution in [2.75, 3.05) is 11.4 Å². The van der Waals surface area contributed by atoms with Crippen LogP contribution in [-0.2, 0) is 13.0 Å². The summed E-state index contributed by atoms with van der Waals surface area (Å²) in [5.41, 5.74) is 3.82. The quantitative estimate of drug-likeness (QED) is 0.503. The molecule has 0 amide bonds. The molecule has 0 aliphatic carbocycles. The van der Waals surface area contributed by atoms with Crippen molar-refractivity contribution in [3.05, 3.63) is 64.9 Å². The minimum absolute atomic E-state index is 0.498. The monoisotopic (exact) mass is 278 g/mol. The molecule has 5 heteroatoms. The molecule has 2 aromatic carbocycles. The maximum atomic E-state index is 12.0. The lowest BCUT2D eigenvalue weighted by Crippen LogP contribution is -2.38. The van der Waals surface area contributed by atoms with Crippen LogP contribution < -0.4 is 9.75 Å². The Balaban J connectivity index is 1.75. The maximum absolute atomic E-state index is 12.0. The van der Waals surface area contributed by atoms with Gasteiger partial charge in [-0.3, -0.25) is 0 Å². The summed E-state index contributed by atoms with van der Waals surface area (Å²) in [4.78, 5) is 7.25. The molecule has 21 heavy (non-hydrogen) atoms. The molecular weight excluding hydrogens is 264 g/mol. The maximum Gasteiger partial charge on any atom is 0.293 e. The highest BCUT2D eigenvalue weighted by atomic mass is 16.5. The van der Waals surface area contributed by atoms with E-state index >= 15 is 0 Å². The summed E-state index contributed by atoms with van der Waals surface area (Å²) in [5, 5.41) is 16.1. The minimum Gasteiger partial charge on any atom is -0.594 e. The van der Waals surface area contributed by atoms with Gasteiger partial charge >= 0.3 is 0 Å². The fourth-order valence-electron chi connectivity index (χ4n) is 2.79. The average molecular weight is 278 g/mol. The summed E-state index contributed by atoms with van der Waals surface area (Å²) in [6, 6.07) is 15.6. The topological polar surface area (TPSA) is 56.0 Å². The van der Waals surface area contributed by atoms with Gasteiger partial charge in [0, 0.05) is 19.2 Å². The van der Waals surface area contributed by atoms with Crippen molar-refractivity contribution in [1.29, 1.82) is 0 Å². The van der Waals surface area contributed by atoms with E-state index < -0.39 is 0 Å². The largest absolute Gasteiger partial charge is 0.594 e. The van der Waals surface area contributed by atoms with Crippen LogP contribution in [0.5, 0.6) is 0 Å². The molecule has 0 radical (unpaired) electrons. The van der Waals surface area contributed by atoms with Crippen LogP contribution in [0.15, 0.2) is 48.5 Å². The normalized spacial score (nSPS) is 14.2. The van der Waals surface area contributed by atoms with Crippen molar-refractivity contribution < 1.29 is 4.85 Å². The molecule has 4 rings (SSSR count). The van der Waals surface area contributed by atoms with Crippen LogP contribution in [0.4, 0.5) is 5.95 Å². The van der Waals surface area contributed by atoms with Gasteiger partial charge < -0.3 is 10.1 Å².